The molecule has 3 aromatic rings. The molecule has 3 aromatic carbocycles. The zero-order valence-corrected chi connectivity index (χ0v) is 16.2. The average Bonchev–Trinajstić information content (AvgIpc) is 2.83. The van der Waals surface area contributed by atoms with Gasteiger partial charge in [0.15, 0.2) is 5.75 Å². The number of nitro benzene ring substituents is 1. The van der Waals surface area contributed by atoms with E-state index in [9.17, 15) is 19.7 Å². The number of benzene rings is 3. The molecule has 1 heterocycles. The number of hydrogen-bond acceptors (Lipinski definition) is 5. The molecule has 0 spiro atoms. The third-order valence-corrected chi connectivity index (χ3v) is 4.74. The monoisotopic (exact) mass is 403 g/mol. The third-order valence-electron chi connectivity index (χ3n) is 4.74. The van der Waals surface area contributed by atoms with Crippen LogP contribution < -0.4 is 15.4 Å². The molecule has 0 fully saturated rings. The van der Waals surface area contributed by atoms with Crippen LogP contribution in [0.25, 0.3) is 0 Å². The van der Waals surface area contributed by atoms with Gasteiger partial charge in [-0.3, -0.25) is 19.7 Å². The molecule has 0 unspecified atom stereocenters. The van der Waals surface area contributed by atoms with Crippen molar-refractivity contribution in [3.05, 3.63) is 87.0 Å². The molecule has 8 nitrogen and oxygen atoms in total. The topological polar surface area (TPSA) is 111 Å². The van der Waals surface area contributed by atoms with E-state index >= 15 is 0 Å². The van der Waals surface area contributed by atoms with E-state index in [0.29, 0.717) is 28.4 Å². The number of aryl methyl sites for hydroxylation is 2. The van der Waals surface area contributed by atoms with Crippen molar-refractivity contribution in [1.29, 1.82) is 0 Å². The van der Waals surface area contributed by atoms with Crippen LogP contribution in [0.1, 0.15) is 31.8 Å². The highest BCUT2D eigenvalue weighted by molar-refractivity contribution is 6.10. The first-order valence-corrected chi connectivity index (χ1v) is 9.12. The summed E-state index contributed by atoms with van der Waals surface area (Å²) in [5, 5.41) is 16.5. The van der Waals surface area contributed by atoms with E-state index in [1.165, 1.54) is 24.3 Å². The van der Waals surface area contributed by atoms with Gasteiger partial charge in [-0.1, -0.05) is 6.07 Å². The lowest BCUT2D eigenvalue weighted by atomic mass is 10.1. The summed E-state index contributed by atoms with van der Waals surface area (Å²) < 4.78 is 5.86. The number of hydrogen-bond donors (Lipinski definition) is 2. The van der Waals surface area contributed by atoms with E-state index in [1.54, 1.807) is 25.1 Å². The van der Waals surface area contributed by atoms with Gasteiger partial charge in [0.05, 0.1) is 16.2 Å². The van der Waals surface area contributed by atoms with Crippen molar-refractivity contribution in [3.63, 3.8) is 0 Å². The maximum absolute atomic E-state index is 12.7. The molecular weight excluding hydrogens is 386 g/mol. The number of amides is 2. The van der Waals surface area contributed by atoms with Crippen LogP contribution in [0, 0.1) is 24.0 Å². The minimum Gasteiger partial charge on any atom is -0.454 e. The van der Waals surface area contributed by atoms with Gasteiger partial charge in [0.2, 0.25) is 0 Å². The molecule has 30 heavy (non-hydrogen) atoms. The summed E-state index contributed by atoms with van der Waals surface area (Å²) in [5.41, 5.74) is 2.84. The molecular formula is C22H17N3O5. The van der Waals surface area contributed by atoms with Gasteiger partial charge in [-0.2, -0.15) is 0 Å². The molecule has 8 heteroatoms. The fraction of sp³-hybridized carbons (Fsp3) is 0.0909. The summed E-state index contributed by atoms with van der Waals surface area (Å²) in [7, 11) is 0. The van der Waals surface area contributed by atoms with Crippen LogP contribution in [0.3, 0.4) is 0 Å². The van der Waals surface area contributed by atoms with Gasteiger partial charge in [0.1, 0.15) is 5.75 Å². The lowest BCUT2D eigenvalue weighted by Crippen LogP contribution is -2.14. The van der Waals surface area contributed by atoms with Gasteiger partial charge in [-0.15, -0.1) is 0 Å². The summed E-state index contributed by atoms with van der Waals surface area (Å²) in [5.74, 6) is 0.114. The normalized spacial score (nSPS) is 12.0. The van der Waals surface area contributed by atoms with Crippen LogP contribution in [0.5, 0.6) is 11.5 Å². The van der Waals surface area contributed by atoms with Crippen molar-refractivity contribution < 1.29 is 19.2 Å². The molecule has 0 bridgehead atoms. The zero-order valence-electron chi connectivity index (χ0n) is 16.2. The minimum atomic E-state index is -0.498. The lowest BCUT2D eigenvalue weighted by Gasteiger charge is -2.10. The van der Waals surface area contributed by atoms with Crippen molar-refractivity contribution in [1.82, 2.24) is 0 Å². The van der Waals surface area contributed by atoms with Crippen LogP contribution in [-0.4, -0.2) is 16.7 Å². The van der Waals surface area contributed by atoms with Gasteiger partial charge >= 0.3 is 0 Å². The Morgan fingerprint density at radius 3 is 2.53 bits per heavy atom. The smallest absolute Gasteiger partial charge is 0.272 e. The van der Waals surface area contributed by atoms with Crippen LogP contribution in [0.2, 0.25) is 0 Å². The second-order valence-electron chi connectivity index (χ2n) is 6.98. The lowest BCUT2D eigenvalue weighted by molar-refractivity contribution is -0.385. The Hall–Kier alpha value is -4.20. The molecule has 0 aliphatic carbocycles. The first kappa shape index (κ1) is 19.1. The number of nitrogens with zero attached hydrogens (tertiary/aromatic N) is 1. The molecule has 2 N–H and O–H groups in total. The van der Waals surface area contributed by atoms with Crippen molar-refractivity contribution in [3.8, 4) is 11.5 Å². The number of ether oxygens (including phenoxy) is 1. The molecule has 4 rings (SSSR count). The van der Waals surface area contributed by atoms with Crippen LogP contribution in [-0.2, 0) is 0 Å². The van der Waals surface area contributed by atoms with Crippen LogP contribution in [0.15, 0.2) is 54.6 Å². The van der Waals surface area contributed by atoms with Gasteiger partial charge in [-0.25, -0.2) is 0 Å². The van der Waals surface area contributed by atoms with Crippen molar-refractivity contribution in [2.75, 3.05) is 10.6 Å². The van der Waals surface area contributed by atoms with Gasteiger partial charge in [0, 0.05) is 22.9 Å². The first-order valence-electron chi connectivity index (χ1n) is 9.12. The van der Waals surface area contributed by atoms with Crippen molar-refractivity contribution in [2.45, 2.75) is 13.8 Å². The highest BCUT2D eigenvalue weighted by Crippen LogP contribution is 2.37. The second kappa shape index (κ2) is 7.32. The molecule has 1 aliphatic rings. The molecule has 0 aromatic heterocycles. The van der Waals surface area contributed by atoms with Crippen LogP contribution >= 0.6 is 0 Å². The van der Waals surface area contributed by atoms with Crippen molar-refractivity contribution >= 4 is 28.9 Å². The number of nitro groups is 1. The summed E-state index contributed by atoms with van der Waals surface area (Å²) in [4.78, 5) is 35.7. The van der Waals surface area contributed by atoms with E-state index in [0.717, 1.165) is 5.56 Å². The summed E-state index contributed by atoms with van der Waals surface area (Å²) >= 11 is 0. The largest absolute Gasteiger partial charge is 0.454 e. The predicted octanol–water partition coefficient (Wildman–Crippen LogP) is 4.82. The minimum absolute atomic E-state index is 0.0554. The zero-order chi connectivity index (χ0) is 21.4. The number of fused-ring (bicyclic) bond motifs is 2. The highest BCUT2D eigenvalue weighted by Gasteiger charge is 2.22. The second-order valence-corrected chi connectivity index (χ2v) is 6.98. The molecule has 2 amide bonds. The Labute approximate surface area is 171 Å². The fourth-order valence-electron chi connectivity index (χ4n) is 3.22. The van der Waals surface area contributed by atoms with E-state index < -0.39 is 10.8 Å². The Balaban J connectivity index is 1.59. The molecule has 1 aliphatic heterocycles. The average molecular weight is 403 g/mol. The summed E-state index contributed by atoms with van der Waals surface area (Å²) in [6, 6.07) is 14.4. The van der Waals surface area contributed by atoms with E-state index in [1.807, 2.05) is 19.1 Å². The Morgan fingerprint density at radius 1 is 1.03 bits per heavy atom. The standard InChI is InChI=1S/C22H17N3O5/c1-12-3-7-20-17(9-12)24-22(27)16-11-15(5-8-19(16)30-20)23-21(26)14-4-6-18(25(28)29)13(2)10-14/h3-11H,1-2H3,(H,23,26)(H,24,27). The Morgan fingerprint density at radius 2 is 1.80 bits per heavy atom. The van der Waals surface area contributed by atoms with E-state index in [-0.39, 0.29) is 22.7 Å². The molecule has 0 saturated heterocycles. The first-order chi connectivity index (χ1) is 14.3. The Bertz CT molecular complexity index is 1220. The Kier molecular flexibility index (Phi) is 4.67. The molecule has 0 atom stereocenters. The quantitative estimate of drug-likeness (QED) is 0.481. The van der Waals surface area contributed by atoms with E-state index in [4.69, 9.17) is 4.74 Å². The molecule has 0 radical (unpaired) electrons. The SMILES string of the molecule is Cc1ccc2c(c1)NC(=O)c1cc(NC(=O)c3ccc([N+](=O)[O-])c(C)c3)ccc1O2. The van der Waals surface area contributed by atoms with Crippen LogP contribution in [0.4, 0.5) is 17.1 Å². The maximum Gasteiger partial charge on any atom is 0.272 e. The fourth-order valence-corrected chi connectivity index (χ4v) is 3.22. The number of carbonyl (C=O) groups excluding carboxylic acids is 2. The third kappa shape index (κ3) is 3.58. The molecule has 150 valence electrons. The highest BCUT2D eigenvalue weighted by atomic mass is 16.6. The number of carbonyl (C=O) groups is 2. The molecule has 0 saturated carbocycles. The van der Waals surface area contributed by atoms with Crippen molar-refractivity contribution in [2.24, 2.45) is 0 Å². The number of anilines is 2. The van der Waals surface area contributed by atoms with Gasteiger partial charge in [0.25, 0.3) is 17.5 Å². The van der Waals surface area contributed by atoms with Gasteiger partial charge in [-0.05, 0) is 61.9 Å². The van der Waals surface area contributed by atoms with Gasteiger partial charge < -0.3 is 15.4 Å². The predicted molar refractivity (Wildman–Crippen MR) is 111 cm³/mol. The number of nitrogens with one attached hydrogen (secondary N) is 2. The number of rotatable bonds is 3. The summed E-state index contributed by atoms with van der Waals surface area (Å²) in [6.07, 6.45) is 0. The maximum atomic E-state index is 12.7. The summed E-state index contributed by atoms with van der Waals surface area (Å²) in [6.45, 7) is 3.48. The van der Waals surface area contributed by atoms with E-state index in [2.05, 4.69) is 10.6 Å².